The first-order valence-corrected chi connectivity index (χ1v) is 8.96. The number of esters is 1. The molecule has 0 fully saturated rings. The maximum atomic E-state index is 12.6. The smallest absolute Gasteiger partial charge is 0.375 e. The van der Waals surface area contributed by atoms with Crippen LogP contribution in [0.25, 0.3) is 11.0 Å². The van der Waals surface area contributed by atoms with Crippen LogP contribution in [0.5, 0.6) is 0 Å². The number of fused-ring (bicyclic) bond motifs is 1. The molecule has 1 heterocycles. The number of nitrogens with zero attached hydrogens (tertiary/aromatic N) is 1. The lowest BCUT2D eigenvalue weighted by Gasteiger charge is -2.26. The molecular formula is C22H23NO4. The minimum atomic E-state index is -0.625. The molecule has 2 aromatic carbocycles. The van der Waals surface area contributed by atoms with Crippen molar-refractivity contribution in [3.05, 3.63) is 71.5 Å². The Kier molecular flexibility index (Phi) is 5.60. The van der Waals surface area contributed by atoms with Gasteiger partial charge in [0.2, 0.25) is 5.76 Å². The van der Waals surface area contributed by atoms with Crippen LogP contribution in [0, 0.1) is 6.92 Å². The number of amides is 1. The van der Waals surface area contributed by atoms with E-state index in [1.165, 1.54) is 0 Å². The van der Waals surface area contributed by atoms with Crippen molar-refractivity contribution < 1.29 is 18.7 Å². The Labute approximate surface area is 158 Å². The normalized spacial score (nSPS) is 11.0. The Hall–Kier alpha value is -3.08. The van der Waals surface area contributed by atoms with Gasteiger partial charge in [0.25, 0.3) is 5.91 Å². The van der Waals surface area contributed by atoms with E-state index in [1.807, 2.05) is 62.4 Å². The van der Waals surface area contributed by atoms with Crippen molar-refractivity contribution in [3.63, 3.8) is 0 Å². The minimum Gasteiger partial charge on any atom is -0.450 e. The van der Waals surface area contributed by atoms with Crippen LogP contribution in [-0.2, 0) is 16.1 Å². The first-order chi connectivity index (χ1) is 13.0. The topological polar surface area (TPSA) is 59.8 Å². The van der Waals surface area contributed by atoms with Gasteiger partial charge in [0.1, 0.15) is 5.58 Å². The minimum absolute atomic E-state index is 0.00987. The third-order valence-electron chi connectivity index (χ3n) is 4.50. The quantitative estimate of drug-likeness (QED) is 0.610. The molecule has 140 valence electrons. The van der Waals surface area contributed by atoms with Gasteiger partial charge in [0.15, 0.2) is 6.61 Å². The van der Waals surface area contributed by atoms with Crippen LogP contribution in [0.3, 0.4) is 0 Å². The maximum Gasteiger partial charge on any atom is 0.375 e. The van der Waals surface area contributed by atoms with E-state index in [0.29, 0.717) is 17.7 Å². The first kappa shape index (κ1) is 18.7. The first-order valence-electron chi connectivity index (χ1n) is 8.96. The van der Waals surface area contributed by atoms with E-state index in [2.05, 4.69) is 0 Å². The summed E-state index contributed by atoms with van der Waals surface area (Å²) in [5.41, 5.74) is 2.37. The molecule has 3 aromatic rings. The van der Waals surface area contributed by atoms with E-state index < -0.39 is 5.97 Å². The van der Waals surface area contributed by atoms with Crippen molar-refractivity contribution in [3.8, 4) is 0 Å². The Morgan fingerprint density at radius 2 is 1.70 bits per heavy atom. The molecule has 0 aliphatic rings. The second-order valence-corrected chi connectivity index (χ2v) is 6.73. The standard InChI is InChI=1S/C22H23NO4/c1-15(2)23(13-17-9-5-4-6-10-17)20(24)14-26-22(25)21-16(3)18-11-7-8-12-19(18)27-21/h4-12,15H,13-14H2,1-3H3. The van der Waals surface area contributed by atoms with Crippen LogP contribution in [-0.4, -0.2) is 29.4 Å². The van der Waals surface area contributed by atoms with E-state index in [4.69, 9.17) is 9.15 Å². The van der Waals surface area contributed by atoms with Crippen LogP contribution in [0.15, 0.2) is 59.0 Å². The van der Waals surface area contributed by atoms with E-state index in [0.717, 1.165) is 10.9 Å². The Morgan fingerprint density at radius 1 is 1.04 bits per heavy atom. The Bertz CT molecular complexity index is 943. The molecule has 27 heavy (non-hydrogen) atoms. The second kappa shape index (κ2) is 8.08. The molecule has 0 radical (unpaired) electrons. The fraction of sp³-hybridized carbons (Fsp3) is 0.273. The molecule has 3 rings (SSSR count). The van der Waals surface area contributed by atoms with Crippen LogP contribution < -0.4 is 0 Å². The number of carbonyl (C=O) groups is 2. The number of hydrogen-bond donors (Lipinski definition) is 0. The zero-order chi connectivity index (χ0) is 19.4. The number of carbonyl (C=O) groups excluding carboxylic acids is 2. The van der Waals surface area contributed by atoms with Gasteiger partial charge in [0, 0.05) is 23.5 Å². The molecule has 0 unspecified atom stereocenters. The summed E-state index contributed by atoms with van der Waals surface area (Å²) in [7, 11) is 0. The lowest BCUT2D eigenvalue weighted by Crippen LogP contribution is -2.39. The number of hydrogen-bond acceptors (Lipinski definition) is 4. The summed E-state index contributed by atoms with van der Waals surface area (Å²) in [4.78, 5) is 26.7. The summed E-state index contributed by atoms with van der Waals surface area (Å²) in [5, 5.41) is 0.865. The predicted molar refractivity (Wildman–Crippen MR) is 103 cm³/mol. The molecule has 0 aliphatic carbocycles. The lowest BCUT2D eigenvalue weighted by molar-refractivity contribution is -0.137. The van der Waals surface area contributed by atoms with Gasteiger partial charge in [-0.1, -0.05) is 48.5 Å². The third kappa shape index (κ3) is 4.19. The van der Waals surface area contributed by atoms with E-state index in [-0.39, 0.29) is 24.3 Å². The van der Waals surface area contributed by atoms with Crippen molar-refractivity contribution in [1.82, 2.24) is 4.90 Å². The predicted octanol–water partition coefficient (Wildman–Crippen LogP) is 4.34. The van der Waals surface area contributed by atoms with Crippen LogP contribution in [0.4, 0.5) is 0 Å². The molecule has 1 amide bonds. The zero-order valence-electron chi connectivity index (χ0n) is 15.8. The summed E-state index contributed by atoms with van der Waals surface area (Å²) < 4.78 is 10.8. The summed E-state index contributed by atoms with van der Waals surface area (Å²) in [6.45, 7) is 5.83. The molecular weight excluding hydrogens is 342 g/mol. The fourth-order valence-corrected chi connectivity index (χ4v) is 2.98. The van der Waals surface area contributed by atoms with E-state index >= 15 is 0 Å². The largest absolute Gasteiger partial charge is 0.450 e. The van der Waals surface area contributed by atoms with Gasteiger partial charge in [-0.15, -0.1) is 0 Å². The van der Waals surface area contributed by atoms with Crippen LogP contribution >= 0.6 is 0 Å². The van der Waals surface area contributed by atoms with Gasteiger partial charge in [0.05, 0.1) is 0 Å². The number of para-hydroxylation sites is 1. The molecule has 0 spiro atoms. The average Bonchev–Trinajstić information content (AvgIpc) is 3.01. The molecule has 0 aliphatic heterocycles. The summed E-state index contributed by atoms with van der Waals surface area (Å²) in [5.74, 6) is -0.723. The van der Waals surface area contributed by atoms with E-state index in [1.54, 1.807) is 17.9 Å². The molecule has 5 heteroatoms. The van der Waals surface area contributed by atoms with Crippen molar-refractivity contribution in [2.45, 2.75) is 33.4 Å². The highest BCUT2D eigenvalue weighted by Gasteiger charge is 2.23. The number of benzene rings is 2. The number of rotatable bonds is 6. The monoisotopic (exact) mass is 365 g/mol. The number of furan rings is 1. The summed E-state index contributed by atoms with van der Waals surface area (Å²) in [6.07, 6.45) is 0. The average molecular weight is 365 g/mol. The molecule has 0 saturated carbocycles. The molecule has 0 saturated heterocycles. The Balaban J connectivity index is 1.67. The highest BCUT2D eigenvalue weighted by atomic mass is 16.5. The van der Waals surface area contributed by atoms with Crippen molar-refractivity contribution >= 4 is 22.8 Å². The van der Waals surface area contributed by atoms with Gasteiger partial charge in [-0.3, -0.25) is 4.79 Å². The van der Waals surface area contributed by atoms with Crippen LogP contribution in [0.2, 0.25) is 0 Å². The lowest BCUT2D eigenvalue weighted by atomic mass is 10.1. The summed E-state index contributed by atoms with van der Waals surface area (Å²) in [6, 6.07) is 17.1. The molecule has 1 aromatic heterocycles. The van der Waals surface area contributed by atoms with Crippen LogP contribution in [0.1, 0.15) is 35.5 Å². The Morgan fingerprint density at radius 3 is 2.37 bits per heavy atom. The molecule has 0 bridgehead atoms. The van der Waals surface area contributed by atoms with Crippen molar-refractivity contribution in [2.24, 2.45) is 0 Å². The van der Waals surface area contributed by atoms with E-state index in [9.17, 15) is 9.59 Å². The number of aryl methyl sites for hydroxylation is 1. The highest BCUT2D eigenvalue weighted by Crippen LogP contribution is 2.25. The van der Waals surface area contributed by atoms with Crippen molar-refractivity contribution in [1.29, 1.82) is 0 Å². The van der Waals surface area contributed by atoms with Gasteiger partial charge in [-0.05, 0) is 32.4 Å². The summed E-state index contributed by atoms with van der Waals surface area (Å²) >= 11 is 0. The van der Waals surface area contributed by atoms with Gasteiger partial charge >= 0.3 is 5.97 Å². The van der Waals surface area contributed by atoms with Crippen molar-refractivity contribution in [2.75, 3.05) is 6.61 Å². The third-order valence-corrected chi connectivity index (χ3v) is 4.50. The SMILES string of the molecule is Cc1c(C(=O)OCC(=O)N(Cc2ccccc2)C(C)C)oc2ccccc12. The fourth-order valence-electron chi connectivity index (χ4n) is 2.98. The molecule has 0 atom stereocenters. The second-order valence-electron chi connectivity index (χ2n) is 6.73. The maximum absolute atomic E-state index is 12.6. The van der Waals surface area contributed by atoms with Gasteiger partial charge < -0.3 is 14.1 Å². The van der Waals surface area contributed by atoms with Gasteiger partial charge in [-0.25, -0.2) is 4.79 Å². The number of ether oxygens (including phenoxy) is 1. The molecule has 5 nitrogen and oxygen atoms in total. The van der Waals surface area contributed by atoms with Gasteiger partial charge in [-0.2, -0.15) is 0 Å². The molecule has 0 N–H and O–H groups in total. The highest BCUT2D eigenvalue weighted by molar-refractivity contribution is 5.96. The zero-order valence-corrected chi connectivity index (χ0v) is 15.8.